The van der Waals surface area contributed by atoms with Crippen molar-refractivity contribution in [3.05, 3.63) is 35.8 Å². The van der Waals surface area contributed by atoms with E-state index in [0.717, 1.165) is 17.7 Å². The number of sulfonamides is 1. The molecule has 0 saturated heterocycles. The number of aromatic amines is 1. The molecule has 0 aliphatic rings. The summed E-state index contributed by atoms with van der Waals surface area (Å²) >= 11 is 0. The third-order valence-corrected chi connectivity index (χ3v) is 4.50. The average molecular weight is 310 g/mol. The van der Waals surface area contributed by atoms with Gasteiger partial charge < -0.3 is 5.43 Å². The van der Waals surface area contributed by atoms with Crippen LogP contribution in [0.15, 0.2) is 29.4 Å². The molecule has 8 nitrogen and oxygen atoms in total. The third-order valence-electron chi connectivity index (χ3n) is 3.04. The highest BCUT2D eigenvalue weighted by Crippen LogP contribution is 2.12. The van der Waals surface area contributed by atoms with E-state index in [-0.39, 0.29) is 4.90 Å². The molecule has 0 bridgehead atoms. The number of hydrazine groups is 1. The Labute approximate surface area is 123 Å². The molecule has 2 aromatic rings. The number of hydrogen-bond donors (Lipinski definition) is 4. The first-order valence-corrected chi connectivity index (χ1v) is 7.92. The Kier molecular flexibility index (Phi) is 4.89. The molecule has 21 heavy (non-hydrogen) atoms. The van der Waals surface area contributed by atoms with Crippen LogP contribution in [0, 0.1) is 6.92 Å². The number of nitrogens with one attached hydrogen (secondary N) is 3. The Morgan fingerprint density at radius 2 is 2.24 bits per heavy atom. The van der Waals surface area contributed by atoms with Crippen LogP contribution in [0.4, 0.5) is 5.82 Å². The molecule has 2 heterocycles. The highest BCUT2D eigenvalue weighted by atomic mass is 32.2. The number of nitrogens with zero attached hydrogens (tertiary/aromatic N) is 2. The lowest BCUT2D eigenvalue weighted by Gasteiger charge is -2.07. The van der Waals surface area contributed by atoms with Crippen molar-refractivity contribution in [2.75, 3.05) is 12.0 Å². The Bertz CT molecular complexity index is 697. The molecular formula is C12H18N6O2S. The van der Waals surface area contributed by atoms with E-state index in [2.05, 4.69) is 25.3 Å². The van der Waals surface area contributed by atoms with Crippen molar-refractivity contribution >= 4 is 15.8 Å². The monoisotopic (exact) mass is 310 g/mol. The van der Waals surface area contributed by atoms with Crippen molar-refractivity contribution in [2.24, 2.45) is 5.84 Å². The van der Waals surface area contributed by atoms with Crippen LogP contribution in [0.2, 0.25) is 0 Å². The van der Waals surface area contributed by atoms with Crippen LogP contribution < -0.4 is 16.0 Å². The second-order valence-corrected chi connectivity index (χ2v) is 6.31. The molecule has 0 aliphatic heterocycles. The first kappa shape index (κ1) is 15.4. The summed E-state index contributed by atoms with van der Waals surface area (Å²) in [4.78, 5) is 4.00. The van der Waals surface area contributed by atoms with Crippen molar-refractivity contribution in [3.8, 4) is 0 Å². The molecule has 0 atom stereocenters. The summed E-state index contributed by atoms with van der Waals surface area (Å²) in [5.74, 6) is 5.51. The normalized spacial score (nSPS) is 11.5. The summed E-state index contributed by atoms with van der Waals surface area (Å²) in [6.07, 6.45) is 4.59. The van der Waals surface area contributed by atoms with Gasteiger partial charge in [-0.3, -0.25) is 5.10 Å². The van der Waals surface area contributed by atoms with Gasteiger partial charge in [-0.15, -0.1) is 0 Å². The number of anilines is 1. The molecule has 9 heteroatoms. The summed E-state index contributed by atoms with van der Waals surface area (Å²) in [5.41, 5.74) is 4.41. The van der Waals surface area contributed by atoms with Crippen molar-refractivity contribution in [2.45, 2.75) is 24.7 Å². The Balaban J connectivity index is 1.90. The zero-order valence-electron chi connectivity index (χ0n) is 11.6. The maximum Gasteiger partial charge on any atom is 0.240 e. The second kappa shape index (κ2) is 6.66. The molecule has 114 valence electrons. The summed E-state index contributed by atoms with van der Waals surface area (Å²) in [6.45, 7) is 2.28. The number of nitrogens with two attached hydrogens (primary N) is 1. The van der Waals surface area contributed by atoms with Gasteiger partial charge in [0.05, 0.1) is 11.1 Å². The molecular weight excluding hydrogens is 292 g/mol. The molecule has 2 aromatic heterocycles. The number of aryl methyl sites for hydroxylation is 2. The number of aromatic nitrogens is 3. The molecule has 0 unspecified atom stereocenters. The first-order chi connectivity index (χ1) is 10.0. The minimum absolute atomic E-state index is 0.130. The molecule has 0 aliphatic carbocycles. The molecule has 0 fully saturated rings. The maximum absolute atomic E-state index is 12.1. The van der Waals surface area contributed by atoms with Crippen LogP contribution in [0.1, 0.15) is 17.7 Å². The van der Waals surface area contributed by atoms with Crippen molar-refractivity contribution in [1.82, 2.24) is 19.9 Å². The van der Waals surface area contributed by atoms with Gasteiger partial charge in [0.15, 0.2) is 0 Å². The highest BCUT2D eigenvalue weighted by molar-refractivity contribution is 7.89. The number of H-pyrrole nitrogens is 1. The van der Waals surface area contributed by atoms with Crippen LogP contribution in [0.25, 0.3) is 0 Å². The van der Waals surface area contributed by atoms with Crippen LogP contribution in [-0.4, -0.2) is 30.1 Å². The number of hydrogen-bond acceptors (Lipinski definition) is 6. The Hall–Kier alpha value is -1.97. The quantitative estimate of drug-likeness (QED) is 0.331. The van der Waals surface area contributed by atoms with E-state index in [9.17, 15) is 8.42 Å². The maximum atomic E-state index is 12.1. The molecule has 0 spiro atoms. The predicted octanol–water partition coefficient (Wildman–Crippen LogP) is 0.310. The van der Waals surface area contributed by atoms with E-state index >= 15 is 0 Å². The second-order valence-electron chi connectivity index (χ2n) is 4.54. The SMILES string of the molecule is Cc1[nH]ncc1CCCNS(=O)(=O)c1ccnc(NN)c1. The largest absolute Gasteiger partial charge is 0.308 e. The summed E-state index contributed by atoms with van der Waals surface area (Å²) in [7, 11) is -3.55. The first-order valence-electron chi connectivity index (χ1n) is 6.44. The Morgan fingerprint density at radius 3 is 2.90 bits per heavy atom. The lowest BCUT2D eigenvalue weighted by molar-refractivity contribution is 0.579. The molecule has 0 amide bonds. The Morgan fingerprint density at radius 1 is 1.43 bits per heavy atom. The van der Waals surface area contributed by atoms with E-state index in [1.807, 2.05) is 6.92 Å². The van der Waals surface area contributed by atoms with Crippen molar-refractivity contribution < 1.29 is 8.42 Å². The molecule has 0 aromatic carbocycles. The fourth-order valence-electron chi connectivity index (χ4n) is 1.85. The van der Waals surface area contributed by atoms with Crippen LogP contribution in [-0.2, 0) is 16.4 Å². The van der Waals surface area contributed by atoms with E-state index in [0.29, 0.717) is 18.8 Å². The number of pyridine rings is 1. The lowest BCUT2D eigenvalue weighted by Crippen LogP contribution is -2.25. The van der Waals surface area contributed by atoms with E-state index in [1.54, 1.807) is 6.20 Å². The summed E-state index contributed by atoms with van der Waals surface area (Å²) in [5, 5.41) is 6.78. The van der Waals surface area contributed by atoms with Gasteiger partial charge in [-0.25, -0.2) is 24.0 Å². The molecule has 0 saturated carbocycles. The number of nitrogen functional groups attached to an aromatic ring is 1. The van der Waals surface area contributed by atoms with E-state index < -0.39 is 10.0 Å². The molecule has 5 N–H and O–H groups in total. The minimum Gasteiger partial charge on any atom is -0.308 e. The fourth-order valence-corrected chi connectivity index (χ4v) is 2.94. The highest BCUT2D eigenvalue weighted by Gasteiger charge is 2.14. The minimum atomic E-state index is -3.55. The van der Waals surface area contributed by atoms with Gasteiger partial charge in [-0.2, -0.15) is 5.10 Å². The van der Waals surface area contributed by atoms with Gasteiger partial charge in [-0.05, 0) is 31.4 Å². The molecule has 0 radical (unpaired) electrons. The van der Waals surface area contributed by atoms with Gasteiger partial charge in [0.1, 0.15) is 5.82 Å². The lowest BCUT2D eigenvalue weighted by atomic mass is 10.1. The van der Waals surface area contributed by atoms with Crippen LogP contribution in [0.5, 0.6) is 0 Å². The van der Waals surface area contributed by atoms with Crippen LogP contribution >= 0.6 is 0 Å². The van der Waals surface area contributed by atoms with Gasteiger partial charge in [0.2, 0.25) is 10.0 Å². The molecule has 2 rings (SSSR count). The van der Waals surface area contributed by atoms with E-state index in [4.69, 9.17) is 5.84 Å². The number of rotatable bonds is 7. The summed E-state index contributed by atoms with van der Waals surface area (Å²) < 4.78 is 26.8. The topological polar surface area (TPSA) is 126 Å². The van der Waals surface area contributed by atoms with Gasteiger partial charge in [0.25, 0.3) is 0 Å². The van der Waals surface area contributed by atoms with Crippen molar-refractivity contribution in [1.29, 1.82) is 0 Å². The summed E-state index contributed by atoms with van der Waals surface area (Å²) in [6, 6.07) is 2.80. The van der Waals surface area contributed by atoms with Gasteiger partial charge in [-0.1, -0.05) is 0 Å². The van der Waals surface area contributed by atoms with Crippen molar-refractivity contribution in [3.63, 3.8) is 0 Å². The standard InChI is InChI=1S/C12H18N6O2S/c1-9-10(8-15-18-9)3-2-5-16-21(19,20)11-4-6-14-12(7-11)17-13/h4,6-8,16H,2-3,5,13H2,1H3,(H,14,17)(H,15,18). The zero-order valence-corrected chi connectivity index (χ0v) is 12.4. The van der Waals surface area contributed by atoms with Gasteiger partial charge in [0, 0.05) is 24.5 Å². The zero-order chi connectivity index (χ0) is 15.3. The van der Waals surface area contributed by atoms with E-state index in [1.165, 1.54) is 18.3 Å². The van der Waals surface area contributed by atoms with Gasteiger partial charge >= 0.3 is 0 Å². The fraction of sp³-hybridized carbons (Fsp3) is 0.333. The smallest absolute Gasteiger partial charge is 0.240 e. The predicted molar refractivity (Wildman–Crippen MR) is 78.9 cm³/mol. The average Bonchev–Trinajstić information content (AvgIpc) is 2.89. The third kappa shape index (κ3) is 4.00. The van der Waals surface area contributed by atoms with Crippen LogP contribution in [0.3, 0.4) is 0 Å².